The maximum absolute atomic E-state index is 13.5. The highest BCUT2D eigenvalue weighted by molar-refractivity contribution is 7.92. The molecule has 10 nitrogen and oxygen atoms in total. The van der Waals surface area contributed by atoms with E-state index in [4.69, 9.17) is 14.2 Å². The van der Waals surface area contributed by atoms with Crippen LogP contribution < -0.4 is 14.8 Å². The van der Waals surface area contributed by atoms with Crippen LogP contribution in [0.2, 0.25) is 0 Å². The van der Waals surface area contributed by atoms with Crippen LogP contribution in [0.1, 0.15) is 57.5 Å². The number of hydrogen-bond acceptors (Lipinski definition) is 7. The average molecular weight is 692 g/mol. The Hall–Kier alpha value is -5.42. The lowest BCUT2D eigenvalue weighted by atomic mass is 10.0. The molecule has 0 fully saturated rings. The van der Waals surface area contributed by atoms with Crippen LogP contribution in [-0.4, -0.2) is 42.7 Å². The topological polar surface area (TPSA) is 128 Å². The molecule has 0 saturated heterocycles. The van der Waals surface area contributed by atoms with Gasteiger partial charge in [-0.25, -0.2) is 18.1 Å². The van der Waals surface area contributed by atoms with Crippen molar-refractivity contribution < 1.29 is 22.5 Å². The number of carbonyl (C=O) groups is 1. The van der Waals surface area contributed by atoms with Crippen molar-refractivity contribution in [1.82, 2.24) is 20.0 Å². The van der Waals surface area contributed by atoms with Crippen molar-refractivity contribution in [3.8, 4) is 16.9 Å². The molecular formula is C39H41N5O5S. The molecule has 0 radical (unpaired) electrons. The minimum atomic E-state index is -3.96. The molecule has 0 aliphatic carbocycles. The molecule has 1 amide bonds. The molecule has 0 unspecified atom stereocenters. The van der Waals surface area contributed by atoms with Gasteiger partial charge in [-0.05, 0) is 86.2 Å². The van der Waals surface area contributed by atoms with Gasteiger partial charge in [-0.15, -0.1) is 0 Å². The third-order valence-electron chi connectivity index (χ3n) is 8.88. The fourth-order valence-electron chi connectivity index (χ4n) is 5.98. The van der Waals surface area contributed by atoms with Crippen LogP contribution in [0.3, 0.4) is 0 Å². The number of anilines is 1. The van der Waals surface area contributed by atoms with Gasteiger partial charge in [-0.2, -0.15) is 0 Å². The van der Waals surface area contributed by atoms with E-state index in [-0.39, 0.29) is 16.7 Å². The quantitative estimate of drug-likeness (QED) is 0.129. The van der Waals surface area contributed by atoms with Crippen molar-refractivity contribution in [3.05, 3.63) is 124 Å². The lowest BCUT2D eigenvalue weighted by molar-refractivity contribution is 0.0954. The van der Waals surface area contributed by atoms with Gasteiger partial charge in [0.2, 0.25) is 5.88 Å². The predicted molar refractivity (Wildman–Crippen MR) is 195 cm³/mol. The largest absolute Gasteiger partial charge is 0.497 e. The first kappa shape index (κ1) is 34.4. The zero-order chi connectivity index (χ0) is 35.4. The summed E-state index contributed by atoms with van der Waals surface area (Å²) in [6.45, 7) is 8.68. The first-order valence-electron chi connectivity index (χ1n) is 16.6. The molecule has 2 N–H and O–H groups in total. The number of ether oxygens (including phenoxy) is 1. The van der Waals surface area contributed by atoms with Crippen LogP contribution >= 0.6 is 0 Å². The number of benzene rings is 4. The van der Waals surface area contributed by atoms with Gasteiger partial charge in [0, 0.05) is 36.2 Å². The van der Waals surface area contributed by atoms with E-state index in [9.17, 15) is 13.2 Å². The first-order valence-corrected chi connectivity index (χ1v) is 18.1. The van der Waals surface area contributed by atoms with Gasteiger partial charge >= 0.3 is 0 Å². The third kappa shape index (κ3) is 7.28. The SMILES string of the molecule is CCCc1nc2c(C)cc(C(=O)NCCc3ccc(OC)cc3)cc2n1Cc1ccc(-c2ccccc2S(=O)(=O)Nc2onc(C)c2C)cc1. The van der Waals surface area contributed by atoms with E-state index in [0.29, 0.717) is 41.9 Å². The average Bonchev–Trinajstić information content (AvgIpc) is 3.62. The molecule has 4 aromatic carbocycles. The number of aryl methyl sites for hydroxylation is 3. The number of amides is 1. The summed E-state index contributed by atoms with van der Waals surface area (Å²) in [7, 11) is -2.32. The molecule has 2 aromatic heterocycles. The zero-order valence-corrected chi connectivity index (χ0v) is 29.7. The Morgan fingerprint density at radius 3 is 2.32 bits per heavy atom. The fraction of sp³-hybridized carbons (Fsp3) is 0.256. The van der Waals surface area contributed by atoms with Crippen LogP contribution in [0.4, 0.5) is 5.88 Å². The monoisotopic (exact) mass is 691 g/mol. The number of fused-ring (bicyclic) bond motifs is 1. The summed E-state index contributed by atoms with van der Waals surface area (Å²) in [5, 5.41) is 6.93. The van der Waals surface area contributed by atoms with Crippen LogP contribution in [-0.2, 0) is 29.4 Å². The predicted octanol–water partition coefficient (Wildman–Crippen LogP) is 7.40. The number of sulfonamides is 1. The lowest BCUT2D eigenvalue weighted by Crippen LogP contribution is -2.25. The lowest BCUT2D eigenvalue weighted by Gasteiger charge is -2.13. The number of rotatable bonds is 13. The Balaban J connectivity index is 1.24. The Labute approximate surface area is 292 Å². The van der Waals surface area contributed by atoms with Gasteiger partial charge in [-0.1, -0.05) is 66.7 Å². The Kier molecular flexibility index (Phi) is 10.1. The summed E-state index contributed by atoms with van der Waals surface area (Å²) >= 11 is 0. The minimum Gasteiger partial charge on any atom is -0.497 e. The molecule has 2 heterocycles. The van der Waals surface area contributed by atoms with E-state index >= 15 is 0 Å². The van der Waals surface area contributed by atoms with Crippen molar-refractivity contribution in [2.45, 2.75) is 58.4 Å². The Morgan fingerprint density at radius 2 is 1.64 bits per heavy atom. The molecule has 0 saturated carbocycles. The summed E-state index contributed by atoms with van der Waals surface area (Å²) < 4.78 is 42.1. The van der Waals surface area contributed by atoms with E-state index in [1.807, 2.05) is 73.7 Å². The van der Waals surface area contributed by atoms with Crippen LogP contribution in [0.25, 0.3) is 22.2 Å². The highest BCUT2D eigenvalue weighted by Crippen LogP contribution is 2.31. The Bertz CT molecular complexity index is 2260. The van der Waals surface area contributed by atoms with E-state index in [0.717, 1.165) is 57.7 Å². The second-order valence-electron chi connectivity index (χ2n) is 12.4. The zero-order valence-electron chi connectivity index (χ0n) is 28.9. The van der Waals surface area contributed by atoms with Crippen LogP contribution in [0.15, 0.2) is 94.3 Å². The van der Waals surface area contributed by atoms with Gasteiger partial charge in [-0.3, -0.25) is 4.79 Å². The number of nitrogens with zero attached hydrogens (tertiary/aromatic N) is 3. The first-order chi connectivity index (χ1) is 24.1. The molecule has 0 aliphatic heterocycles. The summed E-state index contributed by atoms with van der Waals surface area (Å²) in [6, 6.07) is 26.4. The van der Waals surface area contributed by atoms with Crippen molar-refractivity contribution >= 4 is 32.8 Å². The van der Waals surface area contributed by atoms with Crippen molar-refractivity contribution in [3.63, 3.8) is 0 Å². The summed E-state index contributed by atoms with van der Waals surface area (Å²) in [6.07, 6.45) is 2.42. The maximum Gasteiger partial charge on any atom is 0.264 e. The van der Waals surface area contributed by atoms with Crippen molar-refractivity contribution in [1.29, 1.82) is 0 Å². The number of nitrogens with one attached hydrogen (secondary N) is 2. The second kappa shape index (κ2) is 14.6. The molecule has 6 aromatic rings. The molecule has 258 valence electrons. The fourth-order valence-corrected chi connectivity index (χ4v) is 7.25. The Morgan fingerprint density at radius 1 is 0.920 bits per heavy atom. The molecular weight excluding hydrogens is 651 g/mol. The van der Waals surface area contributed by atoms with Gasteiger partial charge in [0.15, 0.2) is 0 Å². The molecule has 11 heteroatoms. The highest BCUT2D eigenvalue weighted by atomic mass is 32.2. The highest BCUT2D eigenvalue weighted by Gasteiger charge is 2.23. The van der Waals surface area contributed by atoms with Gasteiger partial charge < -0.3 is 19.1 Å². The molecule has 0 bridgehead atoms. The van der Waals surface area contributed by atoms with Crippen LogP contribution in [0.5, 0.6) is 5.75 Å². The molecule has 0 spiro atoms. The van der Waals surface area contributed by atoms with Crippen molar-refractivity contribution in [2.24, 2.45) is 0 Å². The number of aromatic nitrogens is 3. The van der Waals surface area contributed by atoms with E-state index < -0.39 is 10.0 Å². The summed E-state index contributed by atoms with van der Waals surface area (Å²) in [5.41, 5.74) is 8.03. The van der Waals surface area contributed by atoms with E-state index in [2.05, 4.69) is 26.7 Å². The smallest absolute Gasteiger partial charge is 0.264 e. The maximum atomic E-state index is 13.5. The number of hydrogen-bond donors (Lipinski definition) is 2. The normalized spacial score (nSPS) is 11.5. The third-order valence-corrected chi connectivity index (χ3v) is 10.3. The number of carbonyl (C=O) groups excluding carboxylic acids is 1. The number of methoxy groups -OCH3 is 1. The van der Waals surface area contributed by atoms with Crippen molar-refractivity contribution in [2.75, 3.05) is 18.4 Å². The molecule has 0 atom stereocenters. The summed E-state index contributed by atoms with van der Waals surface area (Å²) in [4.78, 5) is 18.4. The van der Waals surface area contributed by atoms with E-state index in [1.54, 1.807) is 39.2 Å². The molecule has 50 heavy (non-hydrogen) atoms. The van der Waals surface area contributed by atoms with Gasteiger partial charge in [0.05, 0.1) is 28.7 Å². The number of imidazole rings is 1. The summed E-state index contributed by atoms with van der Waals surface area (Å²) in [5.74, 6) is 1.73. The standard InChI is InChI=1S/C39H41N5O5S/c1-6-9-36-41-37-25(2)22-31(38(45)40-21-20-28-14-18-32(48-5)19-15-28)23-34(37)44(36)24-29-12-16-30(17-13-29)33-10-7-8-11-35(33)50(46,47)43-39-26(3)27(4)42-49-39/h7-8,10-19,22-23,43H,6,9,20-21,24H2,1-5H3,(H,40,45). The molecule has 6 rings (SSSR count). The van der Waals surface area contributed by atoms with E-state index in [1.165, 1.54) is 0 Å². The van der Waals surface area contributed by atoms with Gasteiger partial charge in [0.25, 0.3) is 15.9 Å². The van der Waals surface area contributed by atoms with Crippen LogP contribution in [0, 0.1) is 20.8 Å². The minimum absolute atomic E-state index is 0.104. The van der Waals surface area contributed by atoms with Gasteiger partial charge in [0.1, 0.15) is 11.6 Å². The second-order valence-corrected chi connectivity index (χ2v) is 14.1. The molecule has 0 aliphatic rings.